The molecule has 3 rings (SSSR count). The maximum Gasteiger partial charge on any atom is 0.161 e. The Morgan fingerprint density at radius 3 is 2.47 bits per heavy atom. The Labute approximate surface area is 188 Å². The predicted molar refractivity (Wildman–Crippen MR) is 120 cm³/mol. The maximum absolute atomic E-state index is 13.3. The van der Waals surface area contributed by atoms with Gasteiger partial charge in [-0.1, -0.05) is 12.1 Å². The molecular formula is C24H33F2N3O3. The van der Waals surface area contributed by atoms with Crippen molar-refractivity contribution < 1.29 is 23.4 Å². The molecule has 0 spiro atoms. The Hall–Kier alpha value is -2.26. The number of hydrogen-bond acceptors (Lipinski definition) is 6. The van der Waals surface area contributed by atoms with Crippen LogP contribution in [0, 0.1) is 11.6 Å². The summed E-state index contributed by atoms with van der Waals surface area (Å²) in [5.41, 5.74) is 1.62. The number of nitrogens with zero attached hydrogens (tertiary/aromatic N) is 2. The number of benzene rings is 2. The van der Waals surface area contributed by atoms with Crippen molar-refractivity contribution in [1.82, 2.24) is 15.1 Å². The molecule has 0 bridgehead atoms. The molecule has 2 aromatic carbocycles. The first-order chi connectivity index (χ1) is 15.4. The minimum Gasteiger partial charge on any atom is -0.493 e. The molecule has 2 N–H and O–H groups in total. The molecule has 1 unspecified atom stereocenters. The zero-order valence-corrected chi connectivity index (χ0v) is 18.8. The van der Waals surface area contributed by atoms with E-state index in [1.165, 1.54) is 6.07 Å². The van der Waals surface area contributed by atoms with E-state index in [4.69, 9.17) is 9.47 Å². The van der Waals surface area contributed by atoms with Crippen LogP contribution >= 0.6 is 0 Å². The number of hydrogen-bond donors (Lipinski definition) is 2. The lowest BCUT2D eigenvalue weighted by Gasteiger charge is -2.23. The molecule has 1 aliphatic heterocycles. The smallest absolute Gasteiger partial charge is 0.161 e. The molecule has 0 aromatic heterocycles. The number of β-amino-alcohol motifs (C(OH)–C–C–N with tert-alkyl or cyclic N) is 1. The molecule has 32 heavy (non-hydrogen) atoms. The summed E-state index contributed by atoms with van der Waals surface area (Å²) >= 11 is 0. The van der Waals surface area contributed by atoms with E-state index in [0.29, 0.717) is 36.7 Å². The van der Waals surface area contributed by atoms with Gasteiger partial charge in [0.15, 0.2) is 23.1 Å². The van der Waals surface area contributed by atoms with Crippen LogP contribution in [0.3, 0.4) is 0 Å². The van der Waals surface area contributed by atoms with Crippen LogP contribution in [-0.4, -0.2) is 74.5 Å². The van der Waals surface area contributed by atoms with Crippen LogP contribution in [0.15, 0.2) is 36.4 Å². The molecule has 1 aliphatic rings. The second kappa shape index (κ2) is 12.1. The summed E-state index contributed by atoms with van der Waals surface area (Å²) < 4.78 is 37.7. The Kier molecular flexibility index (Phi) is 9.23. The van der Waals surface area contributed by atoms with Gasteiger partial charge in [0.25, 0.3) is 0 Å². The SMILES string of the molecule is COc1ccc(CNCc2ccc(F)c(F)c2)cc1OCC(O)CN1CCCN(C)CC1. The average molecular weight is 450 g/mol. The van der Waals surface area contributed by atoms with Crippen molar-refractivity contribution in [3.8, 4) is 11.5 Å². The van der Waals surface area contributed by atoms with Gasteiger partial charge in [0.05, 0.1) is 7.11 Å². The Morgan fingerprint density at radius 2 is 1.72 bits per heavy atom. The second-order valence-corrected chi connectivity index (χ2v) is 8.26. The Bertz CT molecular complexity index is 868. The fourth-order valence-corrected chi connectivity index (χ4v) is 3.76. The number of likely N-dealkylation sites (N-methyl/N-ethyl adjacent to an activating group) is 1. The van der Waals surface area contributed by atoms with Crippen LogP contribution in [0.5, 0.6) is 11.5 Å². The molecule has 0 radical (unpaired) electrons. The van der Waals surface area contributed by atoms with Crippen molar-refractivity contribution in [2.75, 3.05) is 53.5 Å². The summed E-state index contributed by atoms with van der Waals surface area (Å²) in [6, 6.07) is 9.47. The average Bonchev–Trinajstić information content (AvgIpc) is 2.98. The van der Waals surface area contributed by atoms with E-state index in [1.54, 1.807) is 13.2 Å². The first kappa shape index (κ1) is 24.4. The standard InChI is InChI=1S/C24H33F2N3O3/c1-28-8-3-9-29(11-10-28)16-20(30)17-32-24-13-19(5-7-23(24)31-2)15-27-14-18-4-6-21(25)22(26)12-18/h4-7,12-13,20,27,30H,3,8-11,14-17H2,1-2H3. The summed E-state index contributed by atoms with van der Waals surface area (Å²) in [6.07, 6.45) is 0.496. The third-order valence-corrected chi connectivity index (χ3v) is 5.58. The fraction of sp³-hybridized carbons (Fsp3) is 0.500. The predicted octanol–water partition coefficient (Wildman–Crippen LogP) is 2.64. The molecule has 1 fully saturated rings. The number of nitrogens with one attached hydrogen (secondary N) is 1. The summed E-state index contributed by atoms with van der Waals surface area (Å²) in [4.78, 5) is 4.58. The van der Waals surface area contributed by atoms with Crippen molar-refractivity contribution in [1.29, 1.82) is 0 Å². The van der Waals surface area contributed by atoms with Crippen LogP contribution < -0.4 is 14.8 Å². The summed E-state index contributed by atoms with van der Waals surface area (Å²) in [6.45, 7) is 5.67. The molecule has 1 saturated heterocycles. The third kappa shape index (κ3) is 7.41. The van der Waals surface area contributed by atoms with Crippen LogP contribution in [0.25, 0.3) is 0 Å². The summed E-state index contributed by atoms with van der Waals surface area (Å²) in [5.74, 6) is -0.543. The van der Waals surface area contributed by atoms with Gasteiger partial charge in [-0.25, -0.2) is 8.78 Å². The van der Waals surface area contributed by atoms with E-state index >= 15 is 0 Å². The molecule has 1 atom stereocenters. The van der Waals surface area contributed by atoms with E-state index in [2.05, 4.69) is 22.2 Å². The lowest BCUT2D eigenvalue weighted by Crippen LogP contribution is -2.37. The van der Waals surface area contributed by atoms with Crippen molar-refractivity contribution >= 4 is 0 Å². The zero-order valence-electron chi connectivity index (χ0n) is 18.8. The molecular weight excluding hydrogens is 416 g/mol. The van der Waals surface area contributed by atoms with E-state index in [9.17, 15) is 13.9 Å². The van der Waals surface area contributed by atoms with E-state index < -0.39 is 17.7 Å². The number of halogens is 2. The Balaban J connectivity index is 1.50. The lowest BCUT2D eigenvalue weighted by molar-refractivity contribution is 0.0685. The van der Waals surface area contributed by atoms with Crippen LogP contribution in [0.2, 0.25) is 0 Å². The molecule has 8 heteroatoms. The first-order valence-electron chi connectivity index (χ1n) is 11.0. The quantitative estimate of drug-likeness (QED) is 0.582. The largest absolute Gasteiger partial charge is 0.493 e. The van der Waals surface area contributed by atoms with E-state index in [1.807, 2.05) is 18.2 Å². The third-order valence-electron chi connectivity index (χ3n) is 5.58. The van der Waals surface area contributed by atoms with Crippen molar-refractivity contribution in [3.05, 3.63) is 59.2 Å². The highest BCUT2D eigenvalue weighted by Crippen LogP contribution is 2.28. The van der Waals surface area contributed by atoms with E-state index in [0.717, 1.165) is 44.2 Å². The molecule has 0 amide bonds. The van der Waals surface area contributed by atoms with Gasteiger partial charge < -0.3 is 24.8 Å². The number of rotatable bonds is 10. The first-order valence-corrected chi connectivity index (χ1v) is 11.0. The monoisotopic (exact) mass is 449 g/mol. The van der Waals surface area contributed by atoms with Gasteiger partial charge in [0.1, 0.15) is 12.7 Å². The molecule has 0 saturated carbocycles. The second-order valence-electron chi connectivity index (χ2n) is 8.26. The minimum atomic E-state index is -0.852. The molecule has 6 nitrogen and oxygen atoms in total. The van der Waals surface area contributed by atoms with Crippen molar-refractivity contribution in [3.63, 3.8) is 0 Å². The molecule has 0 aliphatic carbocycles. The fourth-order valence-electron chi connectivity index (χ4n) is 3.76. The van der Waals surface area contributed by atoms with Crippen LogP contribution in [0.1, 0.15) is 17.5 Å². The van der Waals surface area contributed by atoms with Gasteiger partial charge in [-0.2, -0.15) is 0 Å². The highest BCUT2D eigenvalue weighted by atomic mass is 19.2. The molecule has 1 heterocycles. The van der Waals surface area contributed by atoms with Crippen LogP contribution in [-0.2, 0) is 13.1 Å². The normalized spacial score (nSPS) is 16.5. The van der Waals surface area contributed by atoms with Gasteiger partial charge in [-0.05, 0) is 62.0 Å². The molecule has 2 aromatic rings. The van der Waals surface area contributed by atoms with Gasteiger partial charge >= 0.3 is 0 Å². The van der Waals surface area contributed by atoms with Gasteiger partial charge in [-0.15, -0.1) is 0 Å². The van der Waals surface area contributed by atoms with Crippen molar-refractivity contribution in [2.24, 2.45) is 0 Å². The summed E-state index contributed by atoms with van der Waals surface area (Å²) in [5, 5.41) is 13.7. The minimum absolute atomic E-state index is 0.175. The zero-order chi connectivity index (χ0) is 22.9. The number of aliphatic hydroxyl groups excluding tert-OH is 1. The lowest BCUT2D eigenvalue weighted by atomic mass is 10.1. The highest BCUT2D eigenvalue weighted by molar-refractivity contribution is 5.43. The van der Waals surface area contributed by atoms with Crippen molar-refractivity contribution in [2.45, 2.75) is 25.6 Å². The number of ether oxygens (including phenoxy) is 2. The Morgan fingerprint density at radius 1 is 0.969 bits per heavy atom. The molecule has 176 valence electrons. The van der Waals surface area contributed by atoms with E-state index in [-0.39, 0.29) is 6.61 Å². The van der Waals surface area contributed by atoms with Gasteiger partial charge in [0.2, 0.25) is 0 Å². The van der Waals surface area contributed by atoms with Gasteiger partial charge in [0, 0.05) is 32.7 Å². The highest BCUT2D eigenvalue weighted by Gasteiger charge is 2.17. The maximum atomic E-state index is 13.3. The van der Waals surface area contributed by atoms with Crippen LogP contribution in [0.4, 0.5) is 8.78 Å². The summed E-state index contributed by atoms with van der Waals surface area (Å²) in [7, 11) is 3.70. The topological polar surface area (TPSA) is 57.2 Å². The number of aliphatic hydroxyl groups is 1. The number of methoxy groups -OCH3 is 1. The van der Waals surface area contributed by atoms with Gasteiger partial charge in [-0.3, -0.25) is 4.90 Å².